The Morgan fingerprint density at radius 1 is 1.45 bits per heavy atom. The van der Waals surface area contributed by atoms with Gasteiger partial charge in [0.1, 0.15) is 15.4 Å². The quantitative estimate of drug-likeness (QED) is 0.220. The molecule has 8 heteroatoms. The summed E-state index contributed by atoms with van der Waals surface area (Å²) in [5, 5.41) is 4.21. The zero-order chi connectivity index (χ0) is 16.1. The van der Waals surface area contributed by atoms with Gasteiger partial charge in [-0.25, -0.2) is 10.8 Å². The topological polar surface area (TPSA) is 118 Å². The SMILES string of the molecule is CCCCNC1=CCC(C)=c2c(NN)c(C(=O)NN)sc2=N1. The molecule has 1 aliphatic rings. The van der Waals surface area contributed by atoms with Gasteiger partial charge in [0.15, 0.2) is 0 Å². The molecule has 0 saturated heterocycles. The second-order valence-electron chi connectivity index (χ2n) is 5.07. The van der Waals surface area contributed by atoms with E-state index in [1.807, 2.05) is 6.92 Å². The number of carbonyl (C=O) groups is 1. The minimum Gasteiger partial charge on any atom is -0.370 e. The smallest absolute Gasteiger partial charge is 0.277 e. The van der Waals surface area contributed by atoms with Crippen LogP contribution in [0.25, 0.3) is 5.57 Å². The van der Waals surface area contributed by atoms with Crippen molar-refractivity contribution in [1.82, 2.24) is 10.7 Å². The second-order valence-corrected chi connectivity index (χ2v) is 6.07. The van der Waals surface area contributed by atoms with Crippen LogP contribution in [0.1, 0.15) is 42.8 Å². The molecule has 0 radical (unpaired) electrons. The highest BCUT2D eigenvalue weighted by atomic mass is 32.1. The number of fused-ring (bicyclic) bond motifs is 1. The van der Waals surface area contributed by atoms with Crippen LogP contribution in [0.2, 0.25) is 0 Å². The number of rotatable bonds is 6. The van der Waals surface area contributed by atoms with Crippen LogP contribution in [0, 0.1) is 0 Å². The lowest BCUT2D eigenvalue weighted by Crippen LogP contribution is -2.31. The van der Waals surface area contributed by atoms with Crippen LogP contribution in [0.4, 0.5) is 5.69 Å². The fourth-order valence-electron chi connectivity index (χ4n) is 2.27. The summed E-state index contributed by atoms with van der Waals surface area (Å²) in [5.74, 6) is 11.3. The molecule has 0 aliphatic carbocycles. The van der Waals surface area contributed by atoms with Crippen molar-refractivity contribution in [1.29, 1.82) is 0 Å². The molecule has 1 amide bonds. The van der Waals surface area contributed by atoms with Crippen molar-refractivity contribution in [2.75, 3.05) is 12.0 Å². The van der Waals surface area contributed by atoms with Crippen molar-refractivity contribution in [2.45, 2.75) is 33.1 Å². The third-order valence-corrected chi connectivity index (χ3v) is 4.54. The zero-order valence-corrected chi connectivity index (χ0v) is 13.6. The average molecular weight is 322 g/mol. The summed E-state index contributed by atoms with van der Waals surface area (Å²) in [6.45, 7) is 5.04. The third kappa shape index (κ3) is 3.29. The highest BCUT2D eigenvalue weighted by Gasteiger charge is 2.18. The molecule has 7 N–H and O–H groups in total. The number of nitrogen functional groups attached to an aromatic ring is 2. The lowest BCUT2D eigenvalue weighted by atomic mass is 10.1. The first-order valence-corrected chi connectivity index (χ1v) is 8.06. The van der Waals surface area contributed by atoms with Crippen molar-refractivity contribution >= 4 is 28.5 Å². The van der Waals surface area contributed by atoms with Crippen molar-refractivity contribution in [3.05, 3.63) is 26.7 Å². The summed E-state index contributed by atoms with van der Waals surface area (Å²) in [7, 11) is 0. The molecule has 0 fully saturated rings. The van der Waals surface area contributed by atoms with E-state index in [0.717, 1.165) is 47.1 Å². The van der Waals surface area contributed by atoms with Gasteiger partial charge in [0.25, 0.3) is 5.91 Å². The van der Waals surface area contributed by atoms with E-state index < -0.39 is 0 Å². The number of hydrogen-bond acceptors (Lipinski definition) is 7. The lowest BCUT2D eigenvalue weighted by Gasteiger charge is -2.04. The number of amides is 1. The van der Waals surface area contributed by atoms with E-state index in [1.165, 1.54) is 11.3 Å². The van der Waals surface area contributed by atoms with E-state index in [9.17, 15) is 4.79 Å². The van der Waals surface area contributed by atoms with Crippen LogP contribution < -0.4 is 37.7 Å². The molecule has 0 spiro atoms. The van der Waals surface area contributed by atoms with E-state index in [2.05, 4.69) is 34.2 Å². The molecule has 0 atom stereocenters. The first-order valence-electron chi connectivity index (χ1n) is 7.25. The van der Waals surface area contributed by atoms with Crippen LogP contribution in [0.15, 0.2) is 16.9 Å². The summed E-state index contributed by atoms with van der Waals surface area (Å²) in [6.07, 6.45) is 5.02. The Balaban J connectivity index is 2.50. The van der Waals surface area contributed by atoms with Gasteiger partial charge < -0.3 is 10.7 Å². The van der Waals surface area contributed by atoms with Gasteiger partial charge in [-0.2, -0.15) is 0 Å². The predicted molar refractivity (Wildman–Crippen MR) is 89.3 cm³/mol. The van der Waals surface area contributed by atoms with Gasteiger partial charge in [-0.3, -0.25) is 16.1 Å². The van der Waals surface area contributed by atoms with Gasteiger partial charge in [-0.15, -0.1) is 11.3 Å². The second kappa shape index (κ2) is 7.39. The molecule has 0 unspecified atom stereocenters. The third-order valence-electron chi connectivity index (χ3n) is 3.46. The summed E-state index contributed by atoms with van der Waals surface area (Å²) < 4.78 is 0.761. The summed E-state index contributed by atoms with van der Waals surface area (Å²) in [6, 6.07) is 0. The molecule has 2 rings (SSSR count). The molecule has 0 bridgehead atoms. The van der Waals surface area contributed by atoms with E-state index in [0.29, 0.717) is 10.6 Å². The number of anilines is 1. The van der Waals surface area contributed by atoms with Crippen LogP contribution in [0.3, 0.4) is 0 Å². The molecule has 1 aromatic rings. The molecule has 0 saturated carbocycles. The fraction of sp³-hybridized carbons (Fsp3) is 0.429. The number of nitrogens with zero attached hydrogens (tertiary/aromatic N) is 1. The van der Waals surface area contributed by atoms with Gasteiger partial charge >= 0.3 is 0 Å². The number of allylic oxidation sites excluding steroid dienone is 1. The number of nitrogens with two attached hydrogens (primary N) is 2. The standard InChI is InChI=1S/C14H22N6OS/c1-3-4-7-17-9-6-5-8(2)10-11(19-15)12(13(21)20-16)22-14(10)18-9/h6,17,19H,3-5,7,15-16H2,1-2H3,(H,20,21). The maximum atomic E-state index is 11.9. The van der Waals surface area contributed by atoms with Gasteiger partial charge in [0, 0.05) is 11.8 Å². The first kappa shape index (κ1) is 16.5. The Morgan fingerprint density at radius 2 is 2.23 bits per heavy atom. The average Bonchev–Trinajstić information content (AvgIpc) is 2.82. The van der Waals surface area contributed by atoms with Gasteiger partial charge in [0.05, 0.1) is 5.69 Å². The Bertz CT molecular complexity index is 706. The van der Waals surface area contributed by atoms with Crippen LogP contribution in [0.5, 0.6) is 0 Å². The minimum absolute atomic E-state index is 0.376. The summed E-state index contributed by atoms with van der Waals surface area (Å²) in [4.78, 5) is 17.0. The van der Waals surface area contributed by atoms with Crippen molar-refractivity contribution < 1.29 is 4.79 Å². The molecule has 1 aliphatic heterocycles. The Hall–Kier alpha value is -1.90. The van der Waals surface area contributed by atoms with Crippen LogP contribution in [-0.4, -0.2) is 12.5 Å². The first-order chi connectivity index (χ1) is 10.6. The highest BCUT2D eigenvalue weighted by molar-refractivity contribution is 7.12. The molecule has 0 aromatic carbocycles. The maximum Gasteiger partial charge on any atom is 0.277 e. The van der Waals surface area contributed by atoms with Gasteiger partial charge in [-0.05, 0) is 25.8 Å². The number of nitrogens with one attached hydrogen (secondary N) is 3. The van der Waals surface area contributed by atoms with E-state index >= 15 is 0 Å². The van der Waals surface area contributed by atoms with E-state index in [1.54, 1.807) is 0 Å². The molecule has 120 valence electrons. The highest BCUT2D eigenvalue weighted by Crippen LogP contribution is 2.17. The summed E-state index contributed by atoms with van der Waals surface area (Å²) in [5.41, 5.74) is 6.44. The largest absolute Gasteiger partial charge is 0.370 e. The van der Waals surface area contributed by atoms with Gasteiger partial charge in [-0.1, -0.05) is 18.9 Å². The fourth-order valence-corrected chi connectivity index (χ4v) is 3.40. The molecule has 1 aromatic heterocycles. The maximum absolute atomic E-state index is 11.9. The molecular weight excluding hydrogens is 300 g/mol. The number of thiophene rings is 1. The Kier molecular flexibility index (Phi) is 5.53. The van der Waals surface area contributed by atoms with E-state index in [-0.39, 0.29) is 5.91 Å². The number of unbranched alkanes of at least 4 members (excludes halogenated alkanes) is 1. The Morgan fingerprint density at radius 3 is 2.86 bits per heavy atom. The monoisotopic (exact) mass is 322 g/mol. The van der Waals surface area contributed by atoms with Crippen molar-refractivity contribution in [3.8, 4) is 0 Å². The molecular formula is C14H22N6OS. The predicted octanol–water partition coefficient (Wildman–Crippen LogP) is 0.0622. The lowest BCUT2D eigenvalue weighted by molar-refractivity contribution is 0.0958. The van der Waals surface area contributed by atoms with Gasteiger partial charge in [0.2, 0.25) is 0 Å². The zero-order valence-electron chi connectivity index (χ0n) is 12.8. The van der Waals surface area contributed by atoms with Crippen LogP contribution in [-0.2, 0) is 0 Å². The number of hydrazine groups is 2. The number of carbonyl (C=O) groups excluding carboxylic acids is 1. The molecule has 22 heavy (non-hydrogen) atoms. The van der Waals surface area contributed by atoms with Crippen molar-refractivity contribution in [3.63, 3.8) is 0 Å². The van der Waals surface area contributed by atoms with Crippen LogP contribution >= 0.6 is 11.3 Å². The number of hydrogen-bond donors (Lipinski definition) is 5. The molecule has 7 nitrogen and oxygen atoms in total. The Labute approximate surface area is 133 Å². The van der Waals surface area contributed by atoms with Crippen molar-refractivity contribution in [2.24, 2.45) is 16.7 Å². The molecule has 2 heterocycles. The summed E-state index contributed by atoms with van der Waals surface area (Å²) >= 11 is 1.28. The normalized spacial score (nSPS) is 13.6. The minimum atomic E-state index is -0.376. The van der Waals surface area contributed by atoms with E-state index in [4.69, 9.17) is 11.7 Å².